The molecule has 1 aromatic carbocycles. The zero-order chi connectivity index (χ0) is 15.8. The molecule has 0 spiro atoms. The highest BCUT2D eigenvalue weighted by molar-refractivity contribution is 9.10. The molecule has 0 atom stereocenters. The van der Waals surface area contributed by atoms with Gasteiger partial charge in [0.05, 0.1) is 5.69 Å². The highest BCUT2D eigenvalue weighted by Crippen LogP contribution is 2.28. The van der Waals surface area contributed by atoms with E-state index in [0.717, 1.165) is 6.07 Å². The van der Waals surface area contributed by atoms with E-state index in [0.29, 0.717) is 4.47 Å². The van der Waals surface area contributed by atoms with Gasteiger partial charge in [-0.2, -0.15) is 0 Å². The van der Waals surface area contributed by atoms with Crippen LogP contribution < -0.4 is 10.5 Å². The molecule has 0 unspecified atom stereocenters. The summed E-state index contributed by atoms with van der Waals surface area (Å²) >= 11 is 8.96. The molecule has 0 aliphatic rings. The summed E-state index contributed by atoms with van der Waals surface area (Å²) in [5, 5.41) is -0.0530. The minimum Gasteiger partial charge on any atom is -0.399 e. The van der Waals surface area contributed by atoms with E-state index < -0.39 is 20.7 Å². The number of aromatic nitrogens is 1. The van der Waals surface area contributed by atoms with Crippen molar-refractivity contribution in [2.24, 2.45) is 0 Å². The molecule has 112 valence electrons. The average molecular weight is 395 g/mol. The van der Waals surface area contributed by atoms with Crippen molar-refractivity contribution in [1.82, 2.24) is 4.98 Å². The monoisotopic (exact) mass is 393 g/mol. The van der Waals surface area contributed by atoms with Crippen molar-refractivity contribution in [1.29, 1.82) is 0 Å². The first-order chi connectivity index (χ1) is 9.70. The molecule has 9 heteroatoms. The van der Waals surface area contributed by atoms with Gasteiger partial charge in [0.25, 0.3) is 10.0 Å². The molecule has 1 aromatic heterocycles. The highest BCUT2D eigenvalue weighted by Gasteiger charge is 2.22. The van der Waals surface area contributed by atoms with E-state index in [1.165, 1.54) is 25.3 Å². The maximum absolute atomic E-state index is 14.0. The highest BCUT2D eigenvalue weighted by atomic mass is 79.9. The van der Waals surface area contributed by atoms with Crippen molar-refractivity contribution in [2.75, 3.05) is 10.5 Å². The number of pyridine rings is 1. The van der Waals surface area contributed by atoms with Gasteiger partial charge in [-0.1, -0.05) is 11.6 Å². The molecule has 0 fully saturated rings. The zero-order valence-electron chi connectivity index (χ0n) is 10.7. The topological polar surface area (TPSA) is 85.1 Å². The molecule has 21 heavy (non-hydrogen) atoms. The van der Waals surface area contributed by atoms with Crippen molar-refractivity contribution in [2.45, 2.75) is 11.8 Å². The van der Waals surface area contributed by atoms with Gasteiger partial charge in [-0.25, -0.2) is 17.8 Å². The van der Waals surface area contributed by atoms with Crippen LogP contribution in [-0.4, -0.2) is 13.4 Å². The van der Waals surface area contributed by atoms with Crippen LogP contribution in [0.15, 0.2) is 33.8 Å². The number of nitrogens with one attached hydrogen (secondary N) is 1. The van der Waals surface area contributed by atoms with E-state index in [-0.39, 0.29) is 22.1 Å². The number of anilines is 2. The number of nitrogens with zero attached hydrogens (tertiary/aromatic N) is 1. The van der Waals surface area contributed by atoms with E-state index in [9.17, 15) is 12.8 Å². The van der Waals surface area contributed by atoms with Crippen LogP contribution in [0.3, 0.4) is 0 Å². The number of rotatable bonds is 3. The number of hydrogen-bond donors (Lipinski definition) is 2. The van der Waals surface area contributed by atoms with Crippen LogP contribution >= 0.6 is 27.5 Å². The molecule has 0 radical (unpaired) electrons. The van der Waals surface area contributed by atoms with Gasteiger partial charge in [0.15, 0.2) is 5.15 Å². The third-order valence-corrected chi connectivity index (χ3v) is 4.68. The Kier molecular flexibility index (Phi) is 4.40. The molecule has 0 saturated carbocycles. The number of aryl methyl sites for hydroxylation is 1. The number of sulfonamides is 1. The van der Waals surface area contributed by atoms with Crippen LogP contribution in [0.2, 0.25) is 5.15 Å². The largest absolute Gasteiger partial charge is 0.399 e. The van der Waals surface area contributed by atoms with Gasteiger partial charge in [-0.15, -0.1) is 0 Å². The van der Waals surface area contributed by atoms with E-state index in [1.54, 1.807) is 0 Å². The average Bonchev–Trinajstić information content (AvgIpc) is 2.37. The second-order valence-corrected chi connectivity index (χ2v) is 7.17. The number of halogens is 3. The lowest BCUT2D eigenvalue weighted by molar-refractivity contribution is 0.565. The molecule has 0 aliphatic heterocycles. The maximum Gasteiger partial charge on any atom is 0.265 e. The second kappa shape index (κ2) is 5.78. The van der Waals surface area contributed by atoms with E-state index in [1.807, 2.05) is 0 Å². The molecule has 3 N–H and O–H groups in total. The fraction of sp³-hybridized carbons (Fsp3) is 0.0833. The molecular weight excluding hydrogens is 385 g/mol. The maximum atomic E-state index is 14.0. The molecular formula is C12H10BrClFN3O2S. The Hall–Kier alpha value is -1.38. The van der Waals surface area contributed by atoms with Crippen LogP contribution in [-0.2, 0) is 10.0 Å². The lowest BCUT2D eigenvalue weighted by Crippen LogP contribution is -2.16. The number of benzene rings is 1. The fourth-order valence-electron chi connectivity index (χ4n) is 1.65. The van der Waals surface area contributed by atoms with Crippen LogP contribution in [0.5, 0.6) is 0 Å². The standard InChI is InChI=1S/C12H10BrClFN3O2S/c1-6-2-8(16)4-10(11(6)15)21(19,20)18-9-3-7(13)5-17-12(9)14/h2-5,18H,16H2,1H3. The summed E-state index contributed by atoms with van der Waals surface area (Å²) in [6.07, 6.45) is 1.41. The molecule has 0 bridgehead atoms. The van der Waals surface area contributed by atoms with Crippen molar-refractivity contribution >= 4 is 48.9 Å². The molecule has 0 aliphatic carbocycles. The molecule has 2 rings (SSSR count). The van der Waals surface area contributed by atoms with Gasteiger partial charge in [-0.05, 0) is 46.6 Å². The first kappa shape index (κ1) is 16.0. The first-order valence-corrected chi connectivity index (χ1v) is 8.25. The van der Waals surface area contributed by atoms with E-state index >= 15 is 0 Å². The lowest BCUT2D eigenvalue weighted by Gasteiger charge is -2.12. The number of nitrogen functional groups attached to an aromatic ring is 1. The molecule has 5 nitrogen and oxygen atoms in total. The predicted octanol–water partition coefficient (Wildman–Crippen LogP) is 3.33. The first-order valence-electron chi connectivity index (χ1n) is 5.60. The van der Waals surface area contributed by atoms with Crippen LogP contribution in [0.25, 0.3) is 0 Å². The molecule has 1 heterocycles. The van der Waals surface area contributed by atoms with Gasteiger partial charge < -0.3 is 5.73 Å². The summed E-state index contributed by atoms with van der Waals surface area (Å²) in [4.78, 5) is 3.24. The minimum atomic E-state index is -4.18. The van der Waals surface area contributed by atoms with E-state index in [2.05, 4.69) is 25.6 Å². The van der Waals surface area contributed by atoms with Gasteiger partial charge in [0.1, 0.15) is 10.7 Å². The summed E-state index contributed by atoms with van der Waals surface area (Å²) in [5.41, 5.74) is 5.88. The summed E-state index contributed by atoms with van der Waals surface area (Å²) in [6, 6.07) is 3.82. The third-order valence-electron chi connectivity index (χ3n) is 2.58. The Balaban J connectivity index is 2.51. The van der Waals surface area contributed by atoms with Crippen LogP contribution in [0, 0.1) is 12.7 Å². The number of nitrogens with two attached hydrogens (primary N) is 1. The second-order valence-electron chi connectivity index (χ2n) is 4.25. The Morgan fingerprint density at radius 3 is 2.71 bits per heavy atom. The van der Waals surface area contributed by atoms with Gasteiger partial charge in [-0.3, -0.25) is 4.72 Å². The molecule has 0 saturated heterocycles. The Labute approximate surface area is 134 Å². The van der Waals surface area contributed by atoms with Crippen LogP contribution in [0.4, 0.5) is 15.8 Å². The van der Waals surface area contributed by atoms with Gasteiger partial charge >= 0.3 is 0 Å². The van der Waals surface area contributed by atoms with Crippen molar-refractivity contribution in [3.05, 3.63) is 45.4 Å². The Bertz CT molecular complexity index is 814. The fourth-order valence-corrected chi connectivity index (χ4v) is 3.43. The zero-order valence-corrected chi connectivity index (χ0v) is 13.9. The molecule has 2 aromatic rings. The summed E-state index contributed by atoms with van der Waals surface area (Å²) < 4.78 is 41.3. The summed E-state index contributed by atoms with van der Waals surface area (Å²) in [5.74, 6) is -0.865. The van der Waals surface area contributed by atoms with E-state index in [4.69, 9.17) is 17.3 Å². The van der Waals surface area contributed by atoms with Crippen molar-refractivity contribution in [3.8, 4) is 0 Å². The van der Waals surface area contributed by atoms with Crippen molar-refractivity contribution in [3.63, 3.8) is 0 Å². The Morgan fingerprint density at radius 1 is 1.38 bits per heavy atom. The van der Waals surface area contributed by atoms with Crippen molar-refractivity contribution < 1.29 is 12.8 Å². The Morgan fingerprint density at radius 2 is 2.05 bits per heavy atom. The normalized spacial score (nSPS) is 11.4. The quantitative estimate of drug-likeness (QED) is 0.618. The van der Waals surface area contributed by atoms with Gasteiger partial charge in [0, 0.05) is 16.4 Å². The van der Waals surface area contributed by atoms with Crippen LogP contribution in [0.1, 0.15) is 5.56 Å². The lowest BCUT2D eigenvalue weighted by atomic mass is 10.2. The number of hydrogen-bond acceptors (Lipinski definition) is 4. The summed E-state index contributed by atoms with van der Waals surface area (Å²) in [7, 11) is -4.18. The molecule has 0 amide bonds. The van der Waals surface area contributed by atoms with Gasteiger partial charge in [0.2, 0.25) is 0 Å². The SMILES string of the molecule is Cc1cc(N)cc(S(=O)(=O)Nc2cc(Br)cnc2Cl)c1F. The third kappa shape index (κ3) is 3.45. The smallest absolute Gasteiger partial charge is 0.265 e. The predicted molar refractivity (Wildman–Crippen MR) is 83.3 cm³/mol. The summed E-state index contributed by atoms with van der Waals surface area (Å²) in [6.45, 7) is 1.43. The minimum absolute atomic E-state index is 0.0329.